The number of aryl methyl sites for hydroxylation is 2. The fourth-order valence-corrected chi connectivity index (χ4v) is 5.23. The Labute approximate surface area is 164 Å². The Bertz CT molecular complexity index is 883. The van der Waals surface area contributed by atoms with E-state index in [9.17, 15) is 13.2 Å². The largest absolute Gasteiger partial charge is 0.459 e. The normalized spacial score (nSPS) is 16.4. The molecule has 0 spiro atoms. The Hall–Kier alpha value is -1.77. The first kappa shape index (κ1) is 20.0. The molecule has 8 heteroatoms. The molecule has 1 saturated heterocycles. The second-order valence-corrected chi connectivity index (χ2v) is 9.57. The minimum Gasteiger partial charge on any atom is -0.459 e. The van der Waals surface area contributed by atoms with E-state index in [1.54, 1.807) is 35.6 Å². The van der Waals surface area contributed by atoms with Crippen LogP contribution in [0.15, 0.2) is 34.5 Å². The number of benzene rings is 1. The molecule has 1 aliphatic heterocycles. The van der Waals surface area contributed by atoms with Gasteiger partial charge in [0.1, 0.15) is 6.61 Å². The fraction of sp³-hybridized carbons (Fsp3) is 0.474. The van der Waals surface area contributed by atoms with Crippen molar-refractivity contribution in [3.05, 3.63) is 45.9 Å². The quantitative estimate of drug-likeness (QED) is 0.686. The summed E-state index contributed by atoms with van der Waals surface area (Å²) in [6.45, 7) is 4.78. The van der Waals surface area contributed by atoms with Crippen molar-refractivity contribution in [3.8, 4) is 0 Å². The van der Waals surface area contributed by atoms with Crippen LogP contribution in [0, 0.1) is 12.8 Å². The first-order valence-corrected chi connectivity index (χ1v) is 11.4. The van der Waals surface area contributed by atoms with Gasteiger partial charge in [-0.2, -0.15) is 4.31 Å². The zero-order valence-corrected chi connectivity index (χ0v) is 17.2. The summed E-state index contributed by atoms with van der Waals surface area (Å²) in [4.78, 5) is 17.0. The van der Waals surface area contributed by atoms with Crippen molar-refractivity contribution in [2.45, 2.75) is 44.6 Å². The minimum atomic E-state index is -3.51. The summed E-state index contributed by atoms with van der Waals surface area (Å²) in [5, 5.41) is 2.93. The topological polar surface area (TPSA) is 76.6 Å². The molecular formula is C19H24N2O4S2. The van der Waals surface area contributed by atoms with Gasteiger partial charge in [-0.25, -0.2) is 13.4 Å². The molecule has 2 heterocycles. The van der Waals surface area contributed by atoms with Crippen molar-refractivity contribution >= 4 is 27.3 Å². The Morgan fingerprint density at radius 2 is 1.93 bits per heavy atom. The molecule has 0 aliphatic carbocycles. The summed E-state index contributed by atoms with van der Waals surface area (Å²) < 4.78 is 32.3. The van der Waals surface area contributed by atoms with Crippen molar-refractivity contribution in [1.29, 1.82) is 0 Å². The summed E-state index contributed by atoms with van der Waals surface area (Å²) in [5.41, 5.74) is 1.78. The van der Waals surface area contributed by atoms with Gasteiger partial charge in [0.25, 0.3) is 0 Å². The second kappa shape index (κ2) is 8.50. The van der Waals surface area contributed by atoms with Crippen LogP contribution < -0.4 is 0 Å². The van der Waals surface area contributed by atoms with Gasteiger partial charge in [0.15, 0.2) is 0 Å². The summed E-state index contributed by atoms with van der Waals surface area (Å²) in [6.07, 6.45) is 1.81. The number of carbonyl (C=O) groups is 1. The summed E-state index contributed by atoms with van der Waals surface area (Å²) >= 11 is 1.56. The van der Waals surface area contributed by atoms with Gasteiger partial charge in [0.2, 0.25) is 10.0 Å². The smallest absolute Gasteiger partial charge is 0.309 e. The molecule has 1 aromatic carbocycles. The average Bonchev–Trinajstić information content (AvgIpc) is 3.15. The summed E-state index contributed by atoms with van der Waals surface area (Å²) in [6, 6.07) is 6.84. The van der Waals surface area contributed by atoms with Crippen LogP contribution in [0.25, 0.3) is 0 Å². The van der Waals surface area contributed by atoms with Gasteiger partial charge < -0.3 is 4.74 Å². The van der Waals surface area contributed by atoms with Crippen LogP contribution in [0.4, 0.5) is 0 Å². The lowest BCUT2D eigenvalue weighted by Gasteiger charge is -2.30. The first-order valence-electron chi connectivity index (χ1n) is 9.07. The van der Waals surface area contributed by atoms with Crippen molar-refractivity contribution in [1.82, 2.24) is 9.29 Å². The maximum Gasteiger partial charge on any atom is 0.309 e. The van der Waals surface area contributed by atoms with Gasteiger partial charge in [0, 0.05) is 18.5 Å². The van der Waals surface area contributed by atoms with Crippen LogP contribution in [-0.2, 0) is 32.6 Å². The SMILES string of the molecule is CCc1nc(COC(=O)C2CCN(S(=O)(=O)c3ccc(C)cc3)CC2)cs1. The number of piperidine rings is 1. The Kier molecular flexibility index (Phi) is 6.29. The van der Waals surface area contributed by atoms with Crippen molar-refractivity contribution in [3.63, 3.8) is 0 Å². The van der Waals surface area contributed by atoms with E-state index in [-0.39, 0.29) is 18.5 Å². The third-order valence-electron chi connectivity index (χ3n) is 4.71. The summed E-state index contributed by atoms with van der Waals surface area (Å²) in [5.74, 6) is -0.535. The molecule has 1 fully saturated rings. The molecule has 0 atom stereocenters. The van der Waals surface area contributed by atoms with E-state index < -0.39 is 10.0 Å². The number of esters is 1. The number of hydrogen-bond donors (Lipinski definition) is 0. The lowest BCUT2D eigenvalue weighted by molar-refractivity contribution is -0.151. The van der Waals surface area contributed by atoms with E-state index >= 15 is 0 Å². The highest BCUT2D eigenvalue weighted by Crippen LogP contribution is 2.25. The van der Waals surface area contributed by atoms with Crippen LogP contribution in [-0.4, -0.2) is 36.8 Å². The van der Waals surface area contributed by atoms with Gasteiger partial charge in [-0.05, 0) is 38.3 Å². The van der Waals surface area contributed by atoms with Crippen LogP contribution in [0.3, 0.4) is 0 Å². The first-order chi connectivity index (χ1) is 12.9. The zero-order valence-electron chi connectivity index (χ0n) is 15.6. The fourth-order valence-electron chi connectivity index (χ4n) is 3.03. The Balaban J connectivity index is 1.53. The number of rotatable bonds is 6. The number of thiazole rings is 1. The van der Waals surface area contributed by atoms with E-state index in [1.807, 2.05) is 19.2 Å². The average molecular weight is 409 g/mol. The van der Waals surface area contributed by atoms with E-state index in [0.29, 0.717) is 30.8 Å². The van der Waals surface area contributed by atoms with Crippen LogP contribution in [0.5, 0.6) is 0 Å². The lowest BCUT2D eigenvalue weighted by atomic mass is 9.98. The van der Waals surface area contributed by atoms with Gasteiger partial charge in [-0.15, -0.1) is 11.3 Å². The van der Waals surface area contributed by atoms with E-state index in [4.69, 9.17) is 4.74 Å². The maximum absolute atomic E-state index is 12.7. The Morgan fingerprint density at radius 1 is 1.26 bits per heavy atom. The number of hydrogen-bond acceptors (Lipinski definition) is 6. The van der Waals surface area contributed by atoms with E-state index in [2.05, 4.69) is 4.98 Å². The van der Waals surface area contributed by atoms with Gasteiger partial charge in [0.05, 0.1) is 21.5 Å². The number of carbonyl (C=O) groups excluding carboxylic acids is 1. The highest BCUT2D eigenvalue weighted by atomic mass is 32.2. The third-order valence-corrected chi connectivity index (χ3v) is 7.66. The van der Waals surface area contributed by atoms with Crippen LogP contribution >= 0.6 is 11.3 Å². The molecule has 0 radical (unpaired) electrons. The molecule has 0 bridgehead atoms. The van der Waals surface area contributed by atoms with Crippen LogP contribution in [0.2, 0.25) is 0 Å². The molecule has 1 aliphatic rings. The molecule has 0 saturated carbocycles. The monoisotopic (exact) mass is 408 g/mol. The third kappa shape index (κ3) is 4.75. The standard InChI is InChI=1S/C19H24N2O4S2/c1-3-18-20-16(13-26-18)12-25-19(22)15-8-10-21(11-9-15)27(23,24)17-6-4-14(2)5-7-17/h4-7,13,15H,3,8-12H2,1-2H3. The van der Waals surface area contributed by atoms with Crippen molar-refractivity contribution < 1.29 is 17.9 Å². The minimum absolute atomic E-state index is 0.178. The highest BCUT2D eigenvalue weighted by Gasteiger charge is 2.32. The van der Waals surface area contributed by atoms with E-state index in [0.717, 1.165) is 22.7 Å². The maximum atomic E-state index is 12.7. The second-order valence-electron chi connectivity index (χ2n) is 6.69. The molecule has 3 rings (SSSR count). The molecule has 0 N–H and O–H groups in total. The number of aromatic nitrogens is 1. The molecule has 2 aromatic rings. The Morgan fingerprint density at radius 3 is 2.52 bits per heavy atom. The molecular weight excluding hydrogens is 384 g/mol. The predicted molar refractivity (Wildman–Crippen MR) is 104 cm³/mol. The molecule has 146 valence electrons. The molecule has 27 heavy (non-hydrogen) atoms. The predicted octanol–water partition coefficient (Wildman–Crippen LogP) is 3.16. The molecule has 0 amide bonds. The van der Waals surface area contributed by atoms with Gasteiger partial charge >= 0.3 is 5.97 Å². The molecule has 1 aromatic heterocycles. The number of ether oxygens (including phenoxy) is 1. The zero-order chi connectivity index (χ0) is 19.4. The van der Waals surface area contributed by atoms with Crippen LogP contribution in [0.1, 0.15) is 36.0 Å². The van der Waals surface area contributed by atoms with Gasteiger partial charge in [-0.1, -0.05) is 24.6 Å². The highest BCUT2D eigenvalue weighted by molar-refractivity contribution is 7.89. The number of sulfonamides is 1. The van der Waals surface area contributed by atoms with Gasteiger partial charge in [-0.3, -0.25) is 4.79 Å². The molecule has 6 nitrogen and oxygen atoms in total. The van der Waals surface area contributed by atoms with Crippen molar-refractivity contribution in [2.75, 3.05) is 13.1 Å². The number of nitrogens with zero attached hydrogens (tertiary/aromatic N) is 2. The lowest BCUT2D eigenvalue weighted by Crippen LogP contribution is -2.40. The molecule has 0 unspecified atom stereocenters. The van der Waals surface area contributed by atoms with Crippen molar-refractivity contribution in [2.24, 2.45) is 5.92 Å². The van der Waals surface area contributed by atoms with E-state index in [1.165, 1.54) is 4.31 Å². The summed E-state index contributed by atoms with van der Waals surface area (Å²) in [7, 11) is -3.51.